The first kappa shape index (κ1) is 23.4. The van der Waals surface area contributed by atoms with Crippen molar-refractivity contribution in [3.8, 4) is 23.0 Å². The van der Waals surface area contributed by atoms with Gasteiger partial charge in [-0.1, -0.05) is 42.5 Å². The molecule has 2 heteroatoms. The van der Waals surface area contributed by atoms with E-state index in [2.05, 4.69) is 89.7 Å². The van der Waals surface area contributed by atoms with E-state index in [0.29, 0.717) is 0 Å². The van der Waals surface area contributed by atoms with Crippen LogP contribution in [0.5, 0.6) is 23.0 Å². The van der Waals surface area contributed by atoms with Crippen molar-refractivity contribution in [3.63, 3.8) is 0 Å². The van der Waals surface area contributed by atoms with Crippen molar-refractivity contribution < 1.29 is 9.47 Å². The molecule has 0 atom stereocenters. The van der Waals surface area contributed by atoms with E-state index in [0.717, 1.165) is 34.1 Å². The number of ether oxygens (including phenoxy) is 2. The van der Waals surface area contributed by atoms with E-state index in [4.69, 9.17) is 9.47 Å². The van der Waals surface area contributed by atoms with Crippen molar-refractivity contribution in [2.75, 3.05) is 0 Å². The van der Waals surface area contributed by atoms with Crippen LogP contribution in [0.2, 0.25) is 0 Å². The molecule has 0 bridgehead atoms. The molecule has 0 saturated heterocycles. The zero-order chi connectivity index (χ0) is 24.3. The highest BCUT2D eigenvalue weighted by atomic mass is 16.5. The van der Waals surface area contributed by atoms with Crippen LogP contribution in [0.1, 0.15) is 40.3 Å². The minimum absolute atomic E-state index is 0.335. The second-order valence-corrected chi connectivity index (χ2v) is 9.15. The van der Waals surface area contributed by atoms with Gasteiger partial charge in [-0.15, -0.1) is 6.58 Å². The highest BCUT2D eigenvalue weighted by Gasteiger charge is 2.25. The van der Waals surface area contributed by atoms with Crippen molar-refractivity contribution in [1.82, 2.24) is 0 Å². The lowest BCUT2D eigenvalue weighted by molar-refractivity contribution is 0.481. The van der Waals surface area contributed by atoms with E-state index in [9.17, 15) is 0 Å². The van der Waals surface area contributed by atoms with Gasteiger partial charge >= 0.3 is 0 Å². The van der Waals surface area contributed by atoms with Crippen LogP contribution in [0.4, 0.5) is 0 Å². The molecule has 4 aromatic carbocycles. The number of hydrogen-bond acceptors (Lipinski definition) is 2. The standard InChI is InChI=1S/C32H32O2/c1-7-32(6,26-10-16-28(17-11-26)33-30-14-8-22(2)24(4)20-30)27-12-18-29(19-13-27)34-31-15-9-23(3)25(5)21-31/h7-21H,1H2,2-6H3. The summed E-state index contributed by atoms with van der Waals surface area (Å²) in [5.74, 6) is 3.33. The fourth-order valence-corrected chi connectivity index (χ4v) is 3.97. The largest absolute Gasteiger partial charge is 0.457 e. The second kappa shape index (κ2) is 9.61. The van der Waals surface area contributed by atoms with Crippen LogP contribution in [0.15, 0.2) is 97.6 Å². The molecule has 0 aliphatic rings. The Morgan fingerprint density at radius 2 is 0.882 bits per heavy atom. The molecule has 0 fully saturated rings. The van der Waals surface area contributed by atoms with Crippen molar-refractivity contribution in [3.05, 3.63) is 131 Å². The number of hydrogen-bond donors (Lipinski definition) is 0. The summed E-state index contributed by atoms with van der Waals surface area (Å²) in [6, 6.07) is 28.8. The first-order valence-electron chi connectivity index (χ1n) is 11.6. The predicted octanol–water partition coefficient (Wildman–Crippen LogP) is 9.00. The van der Waals surface area contributed by atoms with Crippen LogP contribution < -0.4 is 9.47 Å². The molecule has 0 N–H and O–H groups in total. The van der Waals surface area contributed by atoms with Crippen LogP contribution >= 0.6 is 0 Å². The quantitative estimate of drug-likeness (QED) is 0.263. The Bertz CT molecular complexity index is 1200. The maximum atomic E-state index is 6.07. The number of allylic oxidation sites excluding steroid dienone is 1. The Morgan fingerprint density at radius 1 is 0.529 bits per heavy atom. The first-order valence-corrected chi connectivity index (χ1v) is 11.6. The molecule has 0 saturated carbocycles. The molecular formula is C32H32O2. The average Bonchev–Trinajstić information content (AvgIpc) is 2.84. The molecule has 0 amide bonds. The molecular weight excluding hydrogens is 416 g/mol. The van der Waals surface area contributed by atoms with Crippen LogP contribution in [0.3, 0.4) is 0 Å². The second-order valence-electron chi connectivity index (χ2n) is 9.15. The monoisotopic (exact) mass is 448 g/mol. The summed E-state index contributed by atoms with van der Waals surface area (Å²) in [5.41, 5.74) is 6.93. The van der Waals surface area contributed by atoms with Gasteiger partial charge in [-0.25, -0.2) is 0 Å². The lowest BCUT2D eigenvalue weighted by Crippen LogP contribution is -2.20. The van der Waals surface area contributed by atoms with Gasteiger partial charge in [-0.05, 0) is 117 Å². The summed E-state index contributed by atoms with van der Waals surface area (Å²) in [4.78, 5) is 0. The smallest absolute Gasteiger partial charge is 0.127 e. The molecule has 0 unspecified atom stereocenters. The van der Waals surface area contributed by atoms with E-state index < -0.39 is 0 Å². The zero-order valence-corrected chi connectivity index (χ0v) is 20.7. The average molecular weight is 449 g/mol. The third-order valence-corrected chi connectivity index (χ3v) is 6.74. The Labute approximate surface area is 203 Å². The SMILES string of the molecule is C=CC(C)(c1ccc(Oc2ccc(C)c(C)c2)cc1)c1ccc(Oc2ccc(C)c(C)c2)cc1. The normalized spacial score (nSPS) is 11.2. The number of aryl methyl sites for hydroxylation is 4. The van der Waals surface area contributed by atoms with Gasteiger partial charge in [0.05, 0.1) is 0 Å². The van der Waals surface area contributed by atoms with Crippen molar-refractivity contribution in [2.24, 2.45) is 0 Å². The van der Waals surface area contributed by atoms with Gasteiger partial charge in [-0.2, -0.15) is 0 Å². The van der Waals surface area contributed by atoms with E-state index in [-0.39, 0.29) is 5.41 Å². The lowest BCUT2D eigenvalue weighted by atomic mass is 9.76. The summed E-state index contributed by atoms with van der Waals surface area (Å²) in [5, 5.41) is 0. The van der Waals surface area contributed by atoms with Crippen molar-refractivity contribution in [2.45, 2.75) is 40.0 Å². The molecule has 0 spiro atoms. The minimum Gasteiger partial charge on any atom is -0.457 e. The molecule has 0 aromatic heterocycles. The highest BCUT2D eigenvalue weighted by Crippen LogP contribution is 2.36. The third kappa shape index (κ3) is 4.92. The van der Waals surface area contributed by atoms with Gasteiger partial charge in [0.2, 0.25) is 0 Å². The maximum Gasteiger partial charge on any atom is 0.127 e. The van der Waals surface area contributed by atoms with Gasteiger partial charge < -0.3 is 9.47 Å². The van der Waals surface area contributed by atoms with Crippen LogP contribution in [-0.2, 0) is 5.41 Å². The van der Waals surface area contributed by atoms with Crippen LogP contribution in [0.25, 0.3) is 0 Å². The summed E-state index contributed by atoms with van der Waals surface area (Å²) in [6.45, 7) is 14.7. The maximum absolute atomic E-state index is 6.07. The molecule has 172 valence electrons. The van der Waals surface area contributed by atoms with Crippen LogP contribution in [-0.4, -0.2) is 0 Å². The first-order chi connectivity index (χ1) is 16.3. The van der Waals surface area contributed by atoms with Gasteiger partial charge in [0.1, 0.15) is 23.0 Å². The zero-order valence-electron chi connectivity index (χ0n) is 20.7. The van der Waals surface area contributed by atoms with Crippen molar-refractivity contribution >= 4 is 0 Å². The molecule has 0 aliphatic heterocycles. The van der Waals surface area contributed by atoms with Gasteiger partial charge in [0, 0.05) is 5.41 Å². The minimum atomic E-state index is -0.335. The summed E-state index contributed by atoms with van der Waals surface area (Å²) < 4.78 is 12.1. The Kier molecular flexibility index (Phi) is 6.61. The van der Waals surface area contributed by atoms with Gasteiger partial charge in [0.25, 0.3) is 0 Å². The fourth-order valence-electron chi connectivity index (χ4n) is 3.97. The molecule has 4 aromatic rings. The summed E-state index contributed by atoms with van der Waals surface area (Å²) in [7, 11) is 0. The number of benzene rings is 4. The molecule has 2 nitrogen and oxygen atoms in total. The Morgan fingerprint density at radius 3 is 1.21 bits per heavy atom. The van der Waals surface area contributed by atoms with Crippen molar-refractivity contribution in [1.29, 1.82) is 0 Å². The molecule has 4 rings (SSSR count). The molecule has 0 heterocycles. The summed E-state index contributed by atoms with van der Waals surface area (Å²) >= 11 is 0. The van der Waals surface area contributed by atoms with Gasteiger partial charge in [0.15, 0.2) is 0 Å². The van der Waals surface area contributed by atoms with Gasteiger partial charge in [-0.3, -0.25) is 0 Å². The van der Waals surface area contributed by atoms with Crippen LogP contribution in [0, 0.1) is 27.7 Å². The Hall–Kier alpha value is -3.78. The summed E-state index contributed by atoms with van der Waals surface area (Å²) in [6.07, 6.45) is 1.99. The van der Waals surface area contributed by atoms with E-state index >= 15 is 0 Å². The predicted molar refractivity (Wildman–Crippen MR) is 142 cm³/mol. The molecule has 0 radical (unpaired) electrons. The molecule has 34 heavy (non-hydrogen) atoms. The highest BCUT2D eigenvalue weighted by molar-refractivity contribution is 5.47. The lowest BCUT2D eigenvalue weighted by Gasteiger charge is -2.27. The Balaban J connectivity index is 1.52. The third-order valence-electron chi connectivity index (χ3n) is 6.74. The van der Waals surface area contributed by atoms with E-state index in [1.165, 1.54) is 22.3 Å². The number of rotatable bonds is 7. The van der Waals surface area contributed by atoms with E-state index in [1.54, 1.807) is 0 Å². The fraction of sp³-hybridized carbons (Fsp3) is 0.188. The molecule has 0 aliphatic carbocycles. The van der Waals surface area contributed by atoms with E-state index in [1.807, 2.05) is 42.5 Å². The topological polar surface area (TPSA) is 18.5 Å².